The van der Waals surface area contributed by atoms with Crippen molar-refractivity contribution in [3.8, 4) is 23.3 Å². The predicted molar refractivity (Wildman–Crippen MR) is 165 cm³/mol. The number of nitrogens with one attached hydrogen (secondary N) is 1. The lowest BCUT2D eigenvalue weighted by Gasteiger charge is -2.34. The van der Waals surface area contributed by atoms with Gasteiger partial charge in [0.2, 0.25) is 11.8 Å². The lowest BCUT2D eigenvalue weighted by Crippen LogP contribution is -2.49. The number of carbonyl (C=O) groups excluding carboxylic acids is 2. The van der Waals surface area contributed by atoms with Gasteiger partial charge in [-0.15, -0.1) is 0 Å². The summed E-state index contributed by atoms with van der Waals surface area (Å²) >= 11 is 12.6. The third-order valence-electron chi connectivity index (χ3n) is 7.19. The number of fused-ring (bicyclic) bond motifs is 1. The lowest BCUT2D eigenvalue weighted by molar-refractivity contribution is -0.133. The van der Waals surface area contributed by atoms with E-state index in [1.165, 1.54) is 13.3 Å². The number of amides is 2. The maximum absolute atomic E-state index is 12.3. The Morgan fingerprint density at radius 1 is 1.00 bits per heavy atom. The van der Waals surface area contributed by atoms with Crippen molar-refractivity contribution in [3.05, 3.63) is 46.1 Å². The highest BCUT2D eigenvalue weighted by Crippen LogP contribution is 2.40. The first-order valence-corrected chi connectivity index (χ1v) is 14.6. The molecule has 0 radical (unpaired) electrons. The van der Waals surface area contributed by atoms with Crippen LogP contribution in [0.3, 0.4) is 0 Å². The summed E-state index contributed by atoms with van der Waals surface area (Å²) in [4.78, 5) is 31.8. The molecule has 228 valence electrons. The number of hydrogen-bond acceptors (Lipinski definition) is 9. The SMILES string of the molecule is COc1cc(Nc2c(C#N)cnc3cc(OCCCN4CCN(C(=O)CCCC(N)=O)CC4)c(OC)cc23)c(Cl)cc1Cl. The van der Waals surface area contributed by atoms with Gasteiger partial charge in [-0.25, -0.2) is 0 Å². The normalized spacial score (nSPS) is 13.4. The van der Waals surface area contributed by atoms with Gasteiger partial charge in [0.05, 0.1) is 53.3 Å². The summed E-state index contributed by atoms with van der Waals surface area (Å²) in [7, 11) is 3.06. The second-order valence-corrected chi connectivity index (χ2v) is 10.8. The van der Waals surface area contributed by atoms with Crippen LogP contribution in [-0.4, -0.2) is 80.1 Å². The smallest absolute Gasteiger partial charge is 0.222 e. The number of pyridine rings is 1. The Bertz CT molecular complexity index is 1520. The fourth-order valence-corrected chi connectivity index (χ4v) is 5.38. The number of ether oxygens (including phenoxy) is 3. The highest BCUT2D eigenvalue weighted by molar-refractivity contribution is 6.37. The van der Waals surface area contributed by atoms with Gasteiger partial charge in [0, 0.05) is 69.3 Å². The summed E-state index contributed by atoms with van der Waals surface area (Å²) in [5, 5.41) is 14.4. The monoisotopic (exact) mass is 628 g/mol. The molecule has 11 nitrogen and oxygen atoms in total. The molecule has 4 rings (SSSR count). The summed E-state index contributed by atoms with van der Waals surface area (Å²) < 4.78 is 17.0. The van der Waals surface area contributed by atoms with Crippen LogP contribution in [0.15, 0.2) is 30.5 Å². The average Bonchev–Trinajstić information content (AvgIpc) is 3.00. The quantitative estimate of drug-likeness (QED) is 0.256. The summed E-state index contributed by atoms with van der Waals surface area (Å²) in [6, 6.07) is 8.97. The summed E-state index contributed by atoms with van der Waals surface area (Å²) in [6.07, 6.45) is 3.33. The van der Waals surface area contributed by atoms with Gasteiger partial charge in [-0.1, -0.05) is 23.2 Å². The molecule has 13 heteroatoms. The minimum Gasteiger partial charge on any atom is -0.495 e. The predicted octanol–water partition coefficient (Wildman–Crippen LogP) is 4.74. The Balaban J connectivity index is 1.38. The third-order valence-corrected chi connectivity index (χ3v) is 7.80. The van der Waals surface area contributed by atoms with Crippen LogP contribution in [0.2, 0.25) is 10.0 Å². The highest BCUT2D eigenvalue weighted by Gasteiger charge is 2.21. The zero-order valence-corrected chi connectivity index (χ0v) is 25.6. The third kappa shape index (κ3) is 8.10. The molecular formula is C30H34Cl2N6O5. The molecule has 3 aromatic rings. The van der Waals surface area contributed by atoms with Gasteiger partial charge in [-0.05, 0) is 25.0 Å². The molecule has 3 N–H and O–H groups in total. The largest absolute Gasteiger partial charge is 0.495 e. The van der Waals surface area contributed by atoms with Crippen LogP contribution in [0.4, 0.5) is 11.4 Å². The molecule has 0 spiro atoms. The van der Waals surface area contributed by atoms with Gasteiger partial charge >= 0.3 is 0 Å². The number of benzene rings is 2. The molecule has 1 fully saturated rings. The Morgan fingerprint density at radius 3 is 2.42 bits per heavy atom. The summed E-state index contributed by atoms with van der Waals surface area (Å²) in [6.45, 7) is 4.17. The van der Waals surface area contributed by atoms with E-state index in [4.69, 9.17) is 43.1 Å². The Hall–Kier alpha value is -3.98. The van der Waals surface area contributed by atoms with E-state index in [0.717, 1.165) is 26.1 Å². The molecule has 43 heavy (non-hydrogen) atoms. The van der Waals surface area contributed by atoms with E-state index in [2.05, 4.69) is 21.3 Å². The number of anilines is 2. The van der Waals surface area contributed by atoms with Crippen molar-refractivity contribution in [3.63, 3.8) is 0 Å². The zero-order valence-electron chi connectivity index (χ0n) is 24.1. The minimum absolute atomic E-state index is 0.0671. The number of nitrogens with zero attached hydrogens (tertiary/aromatic N) is 4. The van der Waals surface area contributed by atoms with Gasteiger partial charge in [0.15, 0.2) is 11.5 Å². The van der Waals surface area contributed by atoms with Crippen molar-refractivity contribution < 1.29 is 23.8 Å². The first-order chi connectivity index (χ1) is 20.7. The van der Waals surface area contributed by atoms with Crippen molar-refractivity contribution in [1.29, 1.82) is 5.26 Å². The maximum Gasteiger partial charge on any atom is 0.222 e. The topological polar surface area (TPSA) is 143 Å². The minimum atomic E-state index is -0.381. The van der Waals surface area contributed by atoms with Gasteiger partial charge in [0.1, 0.15) is 11.8 Å². The van der Waals surface area contributed by atoms with Gasteiger partial charge < -0.3 is 30.2 Å². The molecule has 2 aromatic carbocycles. The number of carbonyl (C=O) groups is 2. The van der Waals surface area contributed by atoms with Crippen LogP contribution in [0.1, 0.15) is 31.2 Å². The number of piperazine rings is 1. The van der Waals surface area contributed by atoms with Crippen LogP contribution < -0.4 is 25.3 Å². The molecule has 1 aliphatic heterocycles. The first kappa shape index (κ1) is 31.9. The molecule has 2 amide bonds. The number of nitriles is 1. The van der Waals surface area contributed by atoms with Crippen LogP contribution in [0.5, 0.6) is 17.2 Å². The van der Waals surface area contributed by atoms with Crippen LogP contribution >= 0.6 is 23.2 Å². The average molecular weight is 630 g/mol. The molecule has 0 bridgehead atoms. The molecule has 0 unspecified atom stereocenters. The Labute approximate surface area is 260 Å². The standard InChI is InChI=1S/C30H34Cl2N6O5/c1-41-25-16-24(21(31)14-22(25)32)36-30-19(17-33)18-35-23-15-27(26(42-2)13-20(23)30)43-12-4-7-37-8-10-38(11-9-37)29(40)6-3-5-28(34)39/h13-16,18H,3-12H2,1-2H3,(H2,34,39)(H,35,36). The van der Waals surface area contributed by atoms with Crippen molar-refractivity contribution in [2.24, 2.45) is 5.73 Å². The molecule has 0 saturated carbocycles. The van der Waals surface area contributed by atoms with Crippen molar-refractivity contribution >= 4 is 57.3 Å². The summed E-state index contributed by atoms with van der Waals surface area (Å²) in [5.41, 5.74) is 7.10. The lowest BCUT2D eigenvalue weighted by atomic mass is 10.1. The highest BCUT2D eigenvalue weighted by atomic mass is 35.5. The number of methoxy groups -OCH3 is 2. The second kappa shape index (κ2) is 15.0. The fraction of sp³-hybridized carbons (Fsp3) is 0.400. The fourth-order valence-electron chi connectivity index (χ4n) is 4.87. The first-order valence-electron chi connectivity index (χ1n) is 13.9. The Morgan fingerprint density at radius 2 is 1.74 bits per heavy atom. The molecular weight excluding hydrogens is 595 g/mol. The van der Waals surface area contributed by atoms with E-state index in [1.807, 2.05) is 4.90 Å². The van der Waals surface area contributed by atoms with Crippen molar-refractivity contribution in [2.45, 2.75) is 25.7 Å². The van der Waals surface area contributed by atoms with E-state index < -0.39 is 0 Å². The number of hydrogen-bond donors (Lipinski definition) is 2. The van der Waals surface area contributed by atoms with E-state index in [1.54, 1.807) is 31.4 Å². The zero-order chi connectivity index (χ0) is 30.9. The number of nitrogens with two attached hydrogens (primary N) is 1. The van der Waals surface area contributed by atoms with Crippen molar-refractivity contribution in [1.82, 2.24) is 14.8 Å². The maximum atomic E-state index is 12.3. The van der Waals surface area contributed by atoms with E-state index in [0.29, 0.717) is 87.7 Å². The molecule has 0 aliphatic carbocycles. The van der Waals surface area contributed by atoms with E-state index in [9.17, 15) is 14.9 Å². The van der Waals surface area contributed by atoms with Crippen LogP contribution in [-0.2, 0) is 9.59 Å². The van der Waals surface area contributed by atoms with E-state index in [-0.39, 0.29) is 18.2 Å². The molecule has 0 atom stereocenters. The van der Waals surface area contributed by atoms with E-state index >= 15 is 0 Å². The van der Waals surface area contributed by atoms with Gasteiger partial charge in [-0.2, -0.15) is 5.26 Å². The van der Waals surface area contributed by atoms with Crippen LogP contribution in [0, 0.1) is 11.3 Å². The number of halogens is 2. The number of aromatic nitrogens is 1. The molecule has 2 heterocycles. The number of primary amides is 1. The van der Waals surface area contributed by atoms with Gasteiger partial charge in [-0.3, -0.25) is 19.5 Å². The Kier molecular flexibility index (Phi) is 11.1. The molecule has 1 aromatic heterocycles. The molecule has 1 aliphatic rings. The van der Waals surface area contributed by atoms with Crippen molar-refractivity contribution in [2.75, 3.05) is 58.9 Å². The summed E-state index contributed by atoms with van der Waals surface area (Å²) in [5.74, 6) is 1.16. The molecule has 1 saturated heterocycles. The second-order valence-electron chi connectivity index (χ2n) is 10.0. The van der Waals surface area contributed by atoms with Crippen LogP contribution in [0.25, 0.3) is 10.9 Å². The number of rotatable bonds is 13. The van der Waals surface area contributed by atoms with Gasteiger partial charge in [0.25, 0.3) is 0 Å².